The zero-order valence-corrected chi connectivity index (χ0v) is 12.9. The van der Waals surface area contributed by atoms with E-state index in [9.17, 15) is 9.59 Å². The van der Waals surface area contributed by atoms with Crippen LogP contribution in [0.4, 0.5) is 0 Å². The number of ether oxygens (including phenoxy) is 1. The van der Waals surface area contributed by atoms with Gasteiger partial charge in [0.25, 0.3) is 0 Å². The van der Waals surface area contributed by atoms with E-state index in [0.717, 1.165) is 18.4 Å². The molecule has 0 amide bonds. The summed E-state index contributed by atoms with van der Waals surface area (Å²) in [4.78, 5) is 24.4. The molecule has 0 radical (unpaired) electrons. The van der Waals surface area contributed by atoms with Crippen LogP contribution in [0.15, 0.2) is 24.8 Å². The molecule has 1 rings (SSSR count). The van der Waals surface area contributed by atoms with Crippen LogP contribution >= 0.6 is 0 Å². The number of methoxy groups -OCH3 is 1. The van der Waals surface area contributed by atoms with E-state index in [1.165, 1.54) is 7.11 Å². The maximum Gasteiger partial charge on any atom is 0.308 e. The summed E-state index contributed by atoms with van der Waals surface area (Å²) in [5, 5.41) is 0. The highest BCUT2D eigenvalue weighted by Crippen LogP contribution is 2.49. The maximum atomic E-state index is 12.3. The van der Waals surface area contributed by atoms with Gasteiger partial charge in [-0.05, 0) is 38.5 Å². The number of carbonyl (C=O) groups is 2. The largest absolute Gasteiger partial charge is 0.469 e. The number of Topliss-reactive ketones (excluding diaryl/α,β-unsaturated/α-hetero) is 1. The van der Waals surface area contributed by atoms with E-state index in [4.69, 9.17) is 4.74 Å². The Bertz CT molecular complexity index is 410. The maximum absolute atomic E-state index is 12.3. The normalized spacial score (nSPS) is 27.1. The van der Waals surface area contributed by atoms with E-state index < -0.39 is 5.41 Å². The molecule has 0 heterocycles. The van der Waals surface area contributed by atoms with Crippen LogP contribution in [0.1, 0.15) is 46.0 Å². The van der Waals surface area contributed by atoms with Gasteiger partial charge in [0.05, 0.1) is 13.0 Å². The first-order valence-corrected chi connectivity index (χ1v) is 7.23. The molecule has 1 aliphatic carbocycles. The molecule has 0 bridgehead atoms. The van der Waals surface area contributed by atoms with Crippen molar-refractivity contribution in [2.45, 2.75) is 46.0 Å². The molecule has 1 fully saturated rings. The zero-order valence-electron chi connectivity index (χ0n) is 12.9. The first-order valence-electron chi connectivity index (χ1n) is 7.23. The highest BCUT2D eigenvalue weighted by atomic mass is 16.5. The summed E-state index contributed by atoms with van der Waals surface area (Å²) in [5.41, 5.74) is 0.506. The van der Waals surface area contributed by atoms with Crippen molar-refractivity contribution in [1.29, 1.82) is 0 Å². The second kappa shape index (κ2) is 6.87. The summed E-state index contributed by atoms with van der Waals surface area (Å²) in [6.07, 6.45) is 5.23. The van der Waals surface area contributed by atoms with Crippen molar-refractivity contribution in [3.05, 3.63) is 24.8 Å². The number of esters is 1. The van der Waals surface area contributed by atoms with Gasteiger partial charge in [0.15, 0.2) is 0 Å². The van der Waals surface area contributed by atoms with E-state index in [2.05, 4.69) is 13.2 Å². The summed E-state index contributed by atoms with van der Waals surface area (Å²) in [6, 6.07) is 0. The van der Waals surface area contributed by atoms with Crippen LogP contribution < -0.4 is 0 Å². The number of ketones is 1. The van der Waals surface area contributed by atoms with Crippen LogP contribution in [0, 0.1) is 17.3 Å². The Morgan fingerprint density at radius 1 is 1.60 bits per heavy atom. The fourth-order valence-electron chi connectivity index (χ4n) is 3.53. The lowest BCUT2D eigenvalue weighted by Crippen LogP contribution is -2.37. The molecular weight excluding hydrogens is 252 g/mol. The monoisotopic (exact) mass is 278 g/mol. The van der Waals surface area contributed by atoms with Gasteiger partial charge in [-0.25, -0.2) is 0 Å². The van der Waals surface area contributed by atoms with Crippen molar-refractivity contribution in [2.24, 2.45) is 17.3 Å². The van der Waals surface area contributed by atoms with Crippen LogP contribution in [-0.2, 0) is 14.3 Å². The summed E-state index contributed by atoms with van der Waals surface area (Å²) in [7, 11) is 1.41. The third-order valence-corrected chi connectivity index (χ3v) is 4.48. The van der Waals surface area contributed by atoms with E-state index in [1.807, 2.05) is 19.9 Å². The van der Waals surface area contributed by atoms with E-state index in [0.29, 0.717) is 19.3 Å². The molecule has 3 unspecified atom stereocenters. The van der Waals surface area contributed by atoms with Crippen molar-refractivity contribution < 1.29 is 14.3 Å². The van der Waals surface area contributed by atoms with Crippen LogP contribution in [0.5, 0.6) is 0 Å². The van der Waals surface area contributed by atoms with Crippen LogP contribution in [0.2, 0.25) is 0 Å². The fraction of sp³-hybridized carbons (Fsp3) is 0.647. The lowest BCUT2D eigenvalue weighted by atomic mass is 9.68. The van der Waals surface area contributed by atoms with Crippen molar-refractivity contribution in [3.63, 3.8) is 0 Å². The number of rotatable bonds is 7. The Morgan fingerprint density at radius 3 is 2.75 bits per heavy atom. The molecule has 0 aliphatic heterocycles. The van der Waals surface area contributed by atoms with Crippen molar-refractivity contribution >= 4 is 11.8 Å². The van der Waals surface area contributed by atoms with Crippen LogP contribution in [0.3, 0.4) is 0 Å². The second-order valence-corrected chi connectivity index (χ2v) is 6.12. The highest BCUT2D eigenvalue weighted by Gasteiger charge is 2.50. The van der Waals surface area contributed by atoms with Gasteiger partial charge in [0, 0.05) is 11.8 Å². The van der Waals surface area contributed by atoms with Gasteiger partial charge in [-0.3, -0.25) is 9.59 Å². The third-order valence-electron chi connectivity index (χ3n) is 4.48. The molecule has 1 aliphatic rings. The molecular formula is C17H26O3. The number of carbonyl (C=O) groups excluding carboxylic acids is 2. The molecule has 0 N–H and O–H groups in total. The van der Waals surface area contributed by atoms with Gasteiger partial charge < -0.3 is 4.74 Å². The lowest BCUT2D eigenvalue weighted by Gasteiger charge is -2.34. The third kappa shape index (κ3) is 3.38. The van der Waals surface area contributed by atoms with Crippen molar-refractivity contribution in [2.75, 3.05) is 7.11 Å². The van der Waals surface area contributed by atoms with E-state index in [1.54, 1.807) is 0 Å². The van der Waals surface area contributed by atoms with Crippen LogP contribution in [-0.4, -0.2) is 18.9 Å². The minimum absolute atomic E-state index is 0.0408. The summed E-state index contributed by atoms with van der Waals surface area (Å²) in [6.45, 7) is 11.6. The average molecular weight is 278 g/mol. The van der Waals surface area contributed by atoms with E-state index >= 15 is 0 Å². The van der Waals surface area contributed by atoms with Gasteiger partial charge >= 0.3 is 5.97 Å². The number of hydrogen-bond acceptors (Lipinski definition) is 3. The lowest BCUT2D eigenvalue weighted by molar-refractivity contribution is -0.149. The summed E-state index contributed by atoms with van der Waals surface area (Å²) < 4.78 is 4.95. The molecule has 3 atom stereocenters. The minimum Gasteiger partial charge on any atom is -0.469 e. The second-order valence-electron chi connectivity index (χ2n) is 6.12. The Morgan fingerprint density at radius 2 is 2.25 bits per heavy atom. The first-order chi connectivity index (χ1) is 9.36. The Hall–Kier alpha value is -1.38. The van der Waals surface area contributed by atoms with Crippen LogP contribution in [0.25, 0.3) is 0 Å². The molecule has 0 aromatic rings. The predicted octanol–water partition coefficient (Wildman–Crippen LogP) is 3.69. The zero-order chi connectivity index (χ0) is 15.3. The topological polar surface area (TPSA) is 43.4 Å². The predicted molar refractivity (Wildman–Crippen MR) is 80.2 cm³/mol. The average Bonchev–Trinajstić information content (AvgIpc) is 2.66. The summed E-state index contributed by atoms with van der Waals surface area (Å²) in [5.74, 6) is -0.148. The quantitative estimate of drug-likeness (QED) is 0.527. The Labute approximate surface area is 122 Å². The summed E-state index contributed by atoms with van der Waals surface area (Å²) >= 11 is 0. The first kappa shape index (κ1) is 16.7. The standard InChI is InChI=1S/C17H26O3/c1-6-7-8-13(16(19)20-5)14-9-10-15(18)17(14,4)11-12(2)3/h6,13-14H,1-2,7-11H2,3-5H3. The van der Waals surface area contributed by atoms with Gasteiger partial charge in [-0.1, -0.05) is 18.6 Å². The number of hydrogen-bond donors (Lipinski definition) is 0. The Kier molecular flexibility index (Phi) is 5.73. The Balaban J connectivity index is 3.03. The minimum atomic E-state index is -0.480. The molecule has 0 spiro atoms. The van der Waals surface area contributed by atoms with Gasteiger partial charge in [0.2, 0.25) is 0 Å². The molecule has 20 heavy (non-hydrogen) atoms. The van der Waals surface area contributed by atoms with Crippen molar-refractivity contribution in [3.8, 4) is 0 Å². The molecule has 0 aromatic carbocycles. The van der Waals surface area contributed by atoms with Gasteiger partial charge in [0.1, 0.15) is 5.78 Å². The molecule has 3 nitrogen and oxygen atoms in total. The molecule has 0 aromatic heterocycles. The highest BCUT2D eigenvalue weighted by molar-refractivity contribution is 5.88. The molecule has 3 heteroatoms. The smallest absolute Gasteiger partial charge is 0.308 e. The molecule has 112 valence electrons. The molecule has 0 saturated heterocycles. The fourth-order valence-corrected chi connectivity index (χ4v) is 3.53. The number of allylic oxidation sites excluding steroid dienone is 2. The van der Waals surface area contributed by atoms with Crippen molar-refractivity contribution in [1.82, 2.24) is 0 Å². The SMILES string of the molecule is C=CCCC(C(=O)OC)C1CCC(=O)C1(C)CC(=C)C. The molecule has 1 saturated carbocycles. The van der Waals surface area contributed by atoms with Gasteiger partial charge in [-0.2, -0.15) is 0 Å². The van der Waals surface area contributed by atoms with E-state index in [-0.39, 0.29) is 23.6 Å². The van der Waals surface area contributed by atoms with Gasteiger partial charge in [-0.15, -0.1) is 13.2 Å².